The van der Waals surface area contributed by atoms with Crippen LogP contribution in [0.4, 0.5) is 0 Å². The van der Waals surface area contributed by atoms with Gasteiger partial charge in [-0.2, -0.15) is 0 Å². The molecule has 1 fully saturated rings. The van der Waals surface area contributed by atoms with E-state index in [0.717, 1.165) is 35.7 Å². The lowest BCUT2D eigenvalue weighted by Crippen LogP contribution is -3.10. The largest absolute Gasteiger partial charge is 0.507 e. The standard InChI is InChI=1S/C20H23NO5/c1-23-13-5-6-14(17(9-13)24-2)20(21-7-3-4-8-21)15-10-18-19(11-16(15)22)26-12-25-18/h5-6,9-11,20,22H,3-4,7-8,12H2,1-2H3/p+1/t20-/m0/s1. The number of methoxy groups -OCH3 is 2. The molecule has 0 spiro atoms. The lowest BCUT2D eigenvalue weighted by atomic mass is 9.95. The number of benzene rings is 2. The average Bonchev–Trinajstić information content (AvgIpc) is 3.34. The summed E-state index contributed by atoms with van der Waals surface area (Å²) < 4.78 is 21.9. The molecule has 0 aromatic heterocycles. The molecule has 2 aromatic rings. The van der Waals surface area contributed by atoms with Crippen LogP contribution in [0.3, 0.4) is 0 Å². The summed E-state index contributed by atoms with van der Waals surface area (Å²) in [6.45, 7) is 2.28. The highest BCUT2D eigenvalue weighted by molar-refractivity contribution is 5.55. The molecule has 0 unspecified atom stereocenters. The number of hydrogen-bond donors (Lipinski definition) is 2. The third-order valence-electron chi connectivity index (χ3n) is 5.24. The minimum absolute atomic E-state index is 0.0483. The van der Waals surface area contributed by atoms with E-state index in [0.29, 0.717) is 11.5 Å². The van der Waals surface area contributed by atoms with E-state index in [1.54, 1.807) is 20.3 Å². The average molecular weight is 358 g/mol. The maximum Gasteiger partial charge on any atom is 0.231 e. The van der Waals surface area contributed by atoms with E-state index in [4.69, 9.17) is 18.9 Å². The fourth-order valence-corrected chi connectivity index (χ4v) is 3.96. The Balaban J connectivity index is 1.84. The Kier molecular flexibility index (Phi) is 4.51. The zero-order valence-electron chi connectivity index (χ0n) is 15.1. The first kappa shape index (κ1) is 16.8. The van der Waals surface area contributed by atoms with Gasteiger partial charge in [0, 0.05) is 25.0 Å². The molecule has 1 atom stereocenters. The molecule has 0 amide bonds. The number of nitrogens with one attached hydrogen (secondary N) is 1. The van der Waals surface area contributed by atoms with Crippen LogP contribution in [0.2, 0.25) is 0 Å². The summed E-state index contributed by atoms with van der Waals surface area (Å²) in [4.78, 5) is 1.41. The first-order valence-corrected chi connectivity index (χ1v) is 8.90. The van der Waals surface area contributed by atoms with E-state index in [2.05, 4.69) is 0 Å². The van der Waals surface area contributed by atoms with Crippen molar-refractivity contribution in [2.45, 2.75) is 18.9 Å². The molecule has 2 aromatic carbocycles. The first-order valence-electron chi connectivity index (χ1n) is 8.90. The van der Waals surface area contributed by atoms with Crippen LogP contribution in [-0.2, 0) is 0 Å². The first-order chi connectivity index (χ1) is 12.7. The number of ether oxygens (including phenoxy) is 4. The lowest BCUT2D eigenvalue weighted by molar-refractivity contribution is -0.913. The van der Waals surface area contributed by atoms with Crippen molar-refractivity contribution < 1.29 is 29.0 Å². The summed E-state index contributed by atoms with van der Waals surface area (Å²) in [5.41, 5.74) is 1.86. The van der Waals surface area contributed by atoms with Crippen LogP contribution >= 0.6 is 0 Å². The van der Waals surface area contributed by atoms with Crippen molar-refractivity contribution >= 4 is 0 Å². The molecule has 6 heteroatoms. The van der Waals surface area contributed by atoms with E-state index in [1.165, 1.54) is 17.7 Å². The SMILES string of the molecule is COc1ccc([C@@H](c2cc3c(cc2O)OCO3)[NH+]2CCCC2)c(OC)c1. The number of quaternary nitrogens is 1. The van der Waals surface area contributed by atoms with Gasteiger partial charge in [-0.05, 0) is 18.2 Å². The lowest BCUT2D eigenvalue weighted by Gasteiger charge is -2.27. The van der Waals surface area contributed by atoms with Gasteiger partial charge in [0.15, 0.2) is 11.5 Å². The summed E-state index contributed by atoms with van der Waals surface area (Å²) in [5, 5.41) is 10.7. The van der Waals surface area contributed by atoms with Crippen molar-refractivity contribution in [3.05, 3.63) is 41.5 Å². The van der Waals surface area contributed by atoms with Gasteiger partial charge in [-0.25, -0.2) is 0 Å². The molecule has 0 bridgehead atoms. The van der Waals surface area contributed by atoms with Crippen molar-refractivity contribution in [3.8, 4) is 28.7 Å². The Bertz CT molecular complexity index is 801. The molecule has 0 radical (unpaired) electrons. The van der Waals surface area contributed by atoms with Crippen LogP contribution in [0.5, 0.6) is 28.7 Å². The van der Waals surface area contributed by atoms with Crippen LogP contribution in [0, 0.1) is 0 Å². The van der Waals surface area contributed by atoms with Gasteiger partial charge in [0.05, 0.1) is 38.4 Å². The summed E-state index contributed by atoms with van der Waals surface area (Å²) in [7, 11) is 3.30. The summed E-state index contributed by atoms with van der Waals surface area (Å²) in [5.74, 6) is 2.98. The fourth-order valence-electron chi connectivity index (χ4n) is 3.96. The second kappa shape index (κ2) is 6.96. The minimum atomic E-state index is -0.0483. The second-order valence-electron chi connectivity index (χ2n) is 6.67. The van der Waals surface area contributed by atoms with Crippen molar-refractivity contribution in [1.82, 2.24) is 0 Å². The molecule has 2 aliphatic heterocycles. The quantitative estimate of drug-likeness (QED) is 0.855. The monoisotopic (exact) mass is 358 g/mol. The van der Waals surface area contributed by atoms with Gasteiger partial charge < -0.3 is 29.0 Å². The maximum atomic E-state index is 10.7. The maximum absolute atomic E-state index is 10.7. The number of phenolic OH excluding ortho intramolecular Hbond substituents is 1. The van der Waals surface area contributed by atoms with Crippen molar-refractivity contribution in [2.24, 2.45) is 0 Å². The highest BCUT2D eigenvalue weighted by atomic mass is 16.7. The van der Waals surface area contributed by atoms with Crippen molar-refractivity contribution in [2.75, 3.05) is 34.1 Å². The van der Waals surface area contributed by atoms with Gasteiger partial charge in [-0.3, -0.25) is 0 Å². The van der Waals surface area contributed by atoms with Crippen LogP contribution in [0.15, 0.2) is 30.3 Å². The molecule has 4 rings (SSSR count). The van der Waals surface area contributed by atoms with Crippen molar-refractivity contribution in [3.63, 3.8) is 0 Å². The van der Waals surface area contributed by atoms with Crippen LogP contribution < -0.4 is 23.8 Å². The molecular formula is C20H24NO5+. The second-order valence-corrected chi connectivity index (χ2v) is 6.67. The van der Waals surface area contributed by atoms with Gasteiger partial charge in [0.2, 0.25) is 6.79 Å². The summed E-state index contributed by atoms with van der Waals surface area (Å²) in [6.07, 6.45) is 2.35. The van der Waals surface area contributed by atoms with E-state index in [1.807, 2.05) is 24.3 Å². The Morgan fingerprint density at radius 3 is 2.38 bits per heavy atom. The number of rotatable bonds is 5. The number of phenols is 1. The molecule has 1 saturated heterocycles. The Morgan fingerprint density at radius 2 is 1.69 bits per heavy atom. The Morgan fingerprint density at radius 1 is 0.962 bits per heavy atom. The van der Waals surface area contributed by atoms with Crippen molar-refractivity contribution in [1.29, 1.82) is 0 Å². The normalized spacial score (nSPS) is 17.3. The van der Waals surface area contributed by atoms with Gasteiger partial charge in [0.25, 0.3) is 0 Å². The topological polar surface area (TPSA) is 61.6 Å². The van der Waals surface area contributed by atoms with E-state index in [-0.39, 0.29) is 18.6 Å². The van der Waals surface area contributed by atoms with Gasteiger partial charge in [-0.1, -0.05) is 0 Å². The van der Waals surface area contributed by atoms with Crippen LogP contribution in [0.1, 0.15) is 30.0 Å². The van der Waals surface area contributed by atoms with E-state index >= 15 is 0 Å². The zero-order chi connectivity index (χ0) is 18.1. The zero-order valence-corrected chi connectivity index (χ0v) is 15.1. The summed E-state index contributed by atoms with van der Waals surface area (Å²) in [6, 6.07) is 9.35. The molecule has 0 saturated carbocycles. The molecule has 2 aliphatic rings. The highest BCUT2D eigenvalue weighted by Gasteiger charge is 2.35. The molecule has 26 heavy (non-hydrogen) atoms. The third-order valence-corrected chi connectivity index (χ3v) is 5.24. The van der Waals surface area contributed by atoms with Gasteiger partial charge in [0.1, 0.15) is 23.3 Å². The predicted octanol–water partition coefficient (Wildman–Crippen LogP) is 1.91. The minimum Gasteiger partial charge on any atom is -0.507 e. The molecular weight excluding hydrogens is 334 g/mol. The van der Waals surface area contributed by atoms with Gasteiger partial charge >= 0.3 is 0 Å². The molecule has 138 valence electrons. The van der Waals surface area contributed by atoms with E-state index in [9.17, 15) is 5.11 Å². The molecule has 2 heterocycles. The smallest absolute Gasteiger partial charge is 0.231 e. The molecule has 2 N–H and O–H groups in total. The fraction of sp³-hybridized carbons (Fsp3) is 0.400. The number of aromatic hydroxyl groups is 1. The molecule has 6 nitrogen and oxygen atoms in total. The van der Waals surface area contributed by atoms with Gasteiger partial charge in [-0.15, -0.1) is 0 Å². The molecule has 0 aliphatic carbocycles. The summed E-state index contributed by atoms with van der Waals surface area (Å²) >= 11 is 0. The number of fused-ring (bicyclic) bond motifs is 1. The highest BCUT2D eigenvalue weighted by Crippen LogP contribution is 2.42. The Hall–Kier alpha value is -2.60. The van der Waals surface area contributed by atoms with Crippen LogP contribution in [-0.4, -0.2) is 39.2 Å². The predicted molar refractivity (Wildman–Crippen MR) is 95.5 cm³/mol. The Labute approximate surface area is 152 Å². The number of likely N-dealkylation sites (tertiary alicyclic amines) is 1. The van der Waals surface area contributed by atoms with Crippen LogP contribution in [0.25, 0.3) is 0 Å². The number of hydrogen-bond acceptors (Lipinski definition) is 5. The third kappa shape index (κ3) is 2.90. The van der Waals surface area contributed by atoms with E-state index < -0.39 is 0 Å².